The number of nitrogens with one attached hydrogen (secondary N) is 1. The number of nitrogens with zero attached hydrogens (tertiary/aromatic N) is 3. The van der Waals surface area contributed by atoms with Crippen molar-refractivity contribution in [2.24, 2.45) is 0 Å². The molecule has 9 heteroatoms. The fraction of sp³-hybridized carbons (Fsp3) is 0.727. The molecule has 0 unspecified atom stereocenters. The van der Waals surface area contributed by atoms with Crippen molar-refractivity contribution in [3.05, 3.63) is 11.9 Å². The Kier molecular flexibility index (Phi) is 6.73. The molecule has 0 atom stereocenters. The van der Waals surface area contributed by atoms with Crippen molar-refractivity contribution in [1.29, 1.82) is 0 Å². The third-order valence-electron chi connectivity index (χ3n) is 2.30. The molecule has 0 radical (unpaired) electrons. The van der Waals surface area contributed by atoms with Crippen LogP contribution in [0.4, 0.5) is 10.3 Å². The smallest absolute Gasteiger partial charge is 0.313 e. The van der Waals surface area contributed by atoms with Crippen LogP contribution in [0.15, 0.2) is 0 Å². The van der Waals surface area contributed by atoms with Crippen LogP contribution in [-0.2, 0) is 14.6 Å². The molecule has 0 amide bonds. The zero-order valence-electron chi connectivity index (χ0n) is 11.6. The maximum absolute atomic E-state index is 12.9. The van der Waals surface area contributed by atoms with Crippen LogP contribution in [0.25, 0.3) is 0 Å². The highest BCUT2D eigenvalue weighted by molar-refractivity contribution is 7.91. The molecule has 1 aromatic heterocycles. The van der Waals surface area contributed by atoms with Crippen molar-refractivity contribution in [3.63, 3.8) is 0 Å². The molecule has 1 N–H and O–H groups in total. The summed E-state index contributed by atoms with van der Waals surface area (Å²) in [6.07, 6.45) is -0.236. The monoisotopic (exact) mass is 306 g/mol. The van der Waals surface area contributed by atoms with E-state index < -0.39 is 15.9 Å². The molecule has 0 spiro atoms. The van der Waals surface area contributed by atoms with Crippen molar-refractivity contribution in [3.8, 4) is 0 Å². The van der Waals surface area contributed by atoms with E-state index in [9.17, 15) is 12.8 Å². The summed E-state index contributed by atoms with van der Waals surface area (Å²) in [4.78, 5) is 10.8. The average Bonchev–Trinajstić information content (AvgIpc) is 2.32. The van der Waals surface area contributed by atoms with E-state index in [4.69, 9.17) is 4.74 Å². The number of hydrogen-bond donors (Lipinski definition) is 1. The fourth-order valence-electron chi connectivity index (χ4n) is 1.46. The fourth-order valence-corrected chi connectivity index (χ4v) is 2.66. The first-order chi connectivity index (χ1) is 9.43. The van der Waals surface area contributed by atoms with Crippen LogP contribution in [0.1, 0.15) is 19.2 Å². The first-order valence-electron chi connectivity index (χ1n) is 6.33. The van der Waals surface area contributed by atoms with Gasteiger partial charge in [0.25, 0.3) is 0 Å². The Morgan fingerprint density at radius 1 is 1.20 bits per heavy atom. The molecule has 0 saturated heterocycles. The number of sulfone groups is 1. The van der Waals surface area contributed by atoms with Crippen LogP contribution in [-0.4, -0.2) is 54.6 Å². The van der Waals surface area contributed by atoms with Crippen molar-refractivity contribution < 1.29 is 17.5 Å². The number of anilines is 1. The SMILES string of the molecule is CCCS(=O)(=O)CCOCCNc1nc(C)nc(F)n1. The van der Waals surface area contributed by atoms with Gasteiger partial charge in [0.2, 0.25) is 5.95 Å². The Bertz CT molecular complexity index is 504. The molecule has 20 heavy (non-hydrogen) atoms. The maximum atomic E-state index is 12.9. The number of rotatable bonds is 9. The maximum Gasteiger partial charge on any atom is 0.313 e. The number of ether oxygens (including phenoxy) is 1. The van der Waals surface area contributed by atoms with Crippen LogP contribution >= 0.6 is 0 Å². The minimum Gasteiger partial charge on any atom is -0.379 e. The minimum atomic E-state index is -3.01. The molecule has 0 bridgehead atoms. The summed E-state index contributed by atoms with van der Waals surface area (Å²) in [7, 11) is -3.01. The lowest BCUT2D eigenvalue weighted by molar-refractivity contribution is 0.159. The summed E-state index contributed by atoms with van der Waals surface area (Å²) in [5.74, 6) is 0.613. The molecule has 114 valence electrons. The van der Waals surface area contributed by atoms with E-state index in [1.807, 2.05) is 6.92 Å². The summed E-state index contributed by atoms with van der Waals surface area (Å²) < 4.78 is 40.8. The van der Waals surface area contributed by atoms with Gasteiger partial charge in [-0.15, -0.1) is 0 Å². The van der Waals surface area contributed by atoms with Gasteiger partial charge in [0.15, 0.2) is 9.84 Å². The Morgan fingerprint density at radius 2 is 1.95 bits per heavy atom. The van der Waals surface area contributed by atoms with Gasteiger partial charge < -0.3 is 10.1 Å². The van der Waals surface area contributed by atoms with Crippen molar-refractivity contribution >= 4 is 15.8 Å². The predicted molar refractivity (Wildman–Crippen MR) is 72.8 cm³/mol. The zero-order valence-corrected chi connectivity index (χ0v) is 12.4. The Morgan fingerprint density at radius 3 is 2.60 bits per heavy atom. The van der Waals surface area contributed by atoms with E-state index >= 15 is 0 Å². The average molecular weight is 306 g/mol. The topological polar surface area (TPSA) is 94.1 Å². The third kappa shape index (κ3) is 6.71. The Balaban J connectivity index is 2.19. The van der Waals surface area contributed by atoms with E-state index in [1.54, 1.807) is 6.92 Å². The van der Waals surface area contributed by atoms with E-state index in [0.717, 1.165) is 0 Å². The van der Waals surface area contributed by atoms with Crippen molar-refractivity contribution in [1.82, 2.24) is 15.0 Å². The number of halogens is 1. The molecule has 0 saturated carbocycles. The van der Waals surface area contributed by atoms with Gasteiger partial charge in [0.05, 0.1) is 19.0 Å². The Labute approximate surface area is 117 Å². The van der Waals surface area contributed by atoms with Crippen LogP contribution in [0.5, 0.6) is 0 Å². The van der Waals surface area contributed by atoms with Gasteiger partial charge in [-0.25, -0.2) is 8.42 Å². The molecule has 0 aromatic carbocycles. The largest absolute Gasteiger partial charge is 0.379 e. The summed E-state index contributed by atoms with van der Waals surface area (Å²) >= 11 is 0. The normalized spacial score (nSPS) is 11.6. The van der Waals surface area contributed by atoms with E-state index in [2.05, 4.69) is 20.3 Å². The third-order valence-corrected chi connectivity index (χ3v) is 4.12. The van der Waals surface area contributed by atoms with Gasteiger partial charge in [-0.1, -0.05) is 6.92 Å². The minimum absolute atomic E-state index is 0.0142. The zero-order chi connectivity index (χ0) is 15.0. The highest BCUT2D eigenvalue weighted by atomic mass is 32.2. The molecule has 0 aliphatic heterocycles. The van der Waals surface area contributed by atoms with Crippen LogP contribution in [0.3, 0.4) is 0 Å². The summed E-state index contributed by atoms with van der Waals surface area (Å²) in [6.45, 7) is 4.17. The van der Waals surface area contributed by atoms with Gasteiger partial charge in [-0.2, -0.15) is 19.3 Å². The Hall–Kier alpha value is -1.35. The molecular formula is C11H19FN4O3S. The molecule has 1 heterocycles. The molecule has 1 aromatic rings. The van der Waals surface area contributed by atoms with Gasteiger partial charge in [-0.3, -0.25) is 0 Å². The highest BCUT2D eigenvalue weighted by Gasteiger charge is 2.08. The second-order valence-electron chi connectivity index (χ2n) is 4.17. The highest BCUT2D eigenvalue weighted by Crippen LogP contribution is 1.99. The van der Waals surface area contributed by atoms with Gasteiger partial charge >= 0.3 is 6.08 Å². The van der Waals surface area contributed by atoms with Crippen molar-refractivity contribution in [2.45, 2.75) is 20.3 Å². The quantitative estimate of drug-likeness (QED) is 0.667. The van der Waals surface area contributed by atoms with Gasteiger partial charge in [0.1, 0.15) is 5.82 Å². The predicted octanol–water partition coefficient (Wildman–Crippen LogP) is 0.572. The molecule has 1 rings (SSSR count). The molecule has 0 aliphatic rings. The molecule has 0 aliphatic carbocycles. The van der Waals surface area contributed by atoms with Crippen LogP contribution in [0.2, 0.25) is 0 Å². The van der Waals surface area contributed by atoms with Gasteiger partial charge in [-0.05, 0) is 13.3 Å². The molecule has 0 fully saturated rings. The van der Waals surface area contributed by atoms with E-state index in [-0.39, 0.29) is 36.5 Å². The summed E-state index contributed by atoms with van der Waals surface area (Å²) in [6, 6.07) is 0. The molecule has 7 nitrogen and oxygen atoms in total. The lowest BCUT2D eigenvalue weighted by atomic mass is 10.6. The summed E-state index contributed by atoms with van der Waals surface area (Å²) in [5.41, 5.74) is 0. The number of hydrogen-bond acceptors (Lipinski definition) is 7. The second kappa shape index (κ2) is 8.05. The lowest BCUT2D eigenvalue weighted by Gasteiger charge is -2.07. The first-order valence-corrected chi connectivity index (χ1v) is 8.15. The van der Waals surface area contributed by atoms with Gasteiger partial charge in [0, 0.05) is 12.3 Å². The number of aromatic nitrogens is 3. The van der Waals surface area contributed by atoms with Crippen molar-refractivity contribution in [2.75, 3.05) is 36.6 Å². The van der Waals surface area contributed by atoms with Crippen LogP contribution < -0.4 is 5.32 Å². The standard InChI is InChI=1S/C11H19FN4O3S/c1-3-7-20(17,18)8-6-19-5-4-13-11-15-9(2)14-10(12)16-11/h3-8H2,1-2H3,(H,13,14,15,16). The van der Waals surface area contributed by atoms with E-state index in [1.165, 1.54) is 0 Å². The number of aryl methyl sites for hydroxylation is 1. The first kappa shape index (κ1) is 16.7. The molecular weight excluding hydrogens is 287 g/mol. The van der Waals surface area contributed by atoms with Crippen LogP contribution in [0, 0.1) is 13.0 Å². The summed E-state index contributed by atoms with van der Waals surface area (Å²) in [5, 5.41) is 2.77. The second-order valence-corrected chi connectivity index (χ2v) is 6.47. The van der Waals surface area contributed by atoms with E-state index in [0.29, 0.717) is 13.0 Å². The lowest BCUT2D eigenvalue weighted by Crippen LogP contribution is -2.18.